The van der Waals surface area contributed by atoms with Crippen LogP contribution in [0.4, 0.5) is 0 Å². The number of nitrogens with zero attached hydrogens (tertiary/aromatic N) is 1. The van der Waals surface area contributed by atoms with Gasteiger partial charge in [-0.3, -0.25) is 15.8 Å². The molecule has 0 bridgehead atoms. The smallest absolute Gasteiger partial charge is 0.239 e. The molecule has 1 saturated heterocycles. The SMILES string of the molecule is CC(C)c1ccc(C(=N)OC(=N)C2CCOCC2)nc1. The van der Waals surface area contributed by atoms with Crippen molar-refractivity contribution in [3.05, 3.63) is 29.6 Å². The third-order valence-corrected chi connectivity index (χ3v) is 3.49. The molecule has 1 fully saturated rings. The highest BCUT2D eigenvalue weighted by atomic mass is 16.5. The van der Waals surface area contributed by atoms with Crippen LogP contribution >= 0.6 is 0 Å². The standard InChI is InChI=1S/C15H21N3O2/c1-10(2)12-3-4-13(18-9-12)15(17)20-14(16)11-5-7-19-8-6-11/h3-4,9-11,16-17H,5-8H2,1-2H3. The Balaban J connectivity index is 1.95. The number of pyridine rings is 1. The maximum Gasteiger partial charge on any atom is 0.239 e. The van der Waals surface area contributed by atoms with Crippen LogP contribution in [-0.2, 0) is 9.47 Å². The van der Waals surface area contributed by atoms with E-state index in [1.807, 2.05) is 6.07 Å². The molecule has 0 aliphatic carbocycles. The molecule has 0 amide bonds. The van der Waals surface area contributed by atoms with Gasteiger partial charge in [0.2, 0.25) is 5.90 Å². The van der Waals surface area contributed by atoms with Crippen molar-refractivity contribution in [1.82, 2.24) is 4.98 Å². The van der Waals surface area contributed by atoms with Crippen LogP contribution in [0.2, 0.25) is 0 Å². The maximum atomic E-state index is 7.93. The molecule has 2 rings (SSSR count). The van der Waals surface area contributed by atoms with E-state index in [0.717, 1.165) is 18.4 Å². The summed E-state index contributed by atoms with van der Waals surface area (Å²) in [6, 6.07) is 3.72. The summed E-state index contributed by atoms with van der Waals surface area (Å²) in [5, 5.41) is 15.8. The normalized spacial score (nSPS) is 16.1. The molecular formula is C15H21N3O2. The van der Waals surface area contributed by atoms with E-state index in [1.165, 1.54) is 0 Å². The minimum Gasteiger partial charge on any atom is -0.423 e. The fourth-order valence-corrected chi connectivity index (χ4v) is 2.09. The molecule has 1 aromatic rings. The summed E-state index contributed by atoms with van der Waals surface area (Å²) in [5.74, 6) is 0.552. The molecule has 2 N–H and O–H groups in total. The van der Waals surface area contributed by atoms with Crippen LogP contribution < -0.4 is 0 Å². The fraction of sp³-hybridized carbons (Fsp3) is 0.533. The predicted molar refractivity (Wildman–Crippen MR) is 77.5 cm³/mol. The van der Waals surface area contributed by atoms with E-state index in [0.29, 0.717) is 24.8 Å². The van der Waals surface area contributed by atoms with Crippen LogP contribution in [0.25, 0.3) is 0 Å². The molecule has 1 aromatic heterocycles. The van der Waals surface area contributed by atoms with E-state index >= 15 is 0 Å². The van der Waals surface area contributed by atoms with E-state index in [9.17, 15) is 0 Å². The third kappa shape index (κ3) is 3.63. The first-order valence-electron chi connectivity index (χ1n) is 6.97. The van der Waals surface area contributed by atoms with Crippen molar-refractivity contribution < 1.29 is 9.47 Å². The van der Waals surface area contributed by atoms with E-state index < -0.39 is 0 Å². The molecule has 2 heterocycles. The van der Waals surface area contributed by atoms with Crippen molar-refractivity contribution in [2.24, 2.45) is 5.92 Å². The monoisotopic (exact) mass is 275 g/mol. The number of ether oxygens (including phenoxy) is 2. The molecular weight excluding hydrogens is 254 g/mol. The van der Waals surface area contributed by atoms with Crippen LogP contribution in [-0.4, -0.2) is 30.0 Å². The first-order valence-corrected chi connectivity index (χ1v) is 6.97. The number of hydrogen-bond acceptors (Lipinski definition) is 5. The minimum atomic E-state index is -0.0585. The zero-order valence-corrected chi connectivity index (χ0v) is 12.0. The van der Waals surface area contributed by atoms with Gasteiger partial charge in [-0.1, -0.05) is 19.9 Å². The molecule has 108 valence electrons. The van der Waals surface area contributed by atoms with Gasteiger partial charge in [0.1, 0.15) is 5.69 Å². The van der Waals surface area contributed by atoms with E-state index in [2.05, 4.69) is 18.8 Å². The number of rotatable bonds is 3. The van der Waals surface area contributed by atoms with E-state index in [4.69, 9.17) is 20.3 Å². The summed E-state index contributed by atoms with van der Waals surface area (Å²) in [4.78, 5) is 4.23. The Kier molecular flexibility index (Phi) is 4.84. The minimum absolute atomic E-state index is 0.0547. The predicted octanol–water partition coefficient (Wildman–Crippen LogP) is 2.95. The van der Waals surface area contributed by atoms with Gasteiger partial charge in [-0.2, -0.15) is 0 Å². The molecule has 5 nitrogen and oxygen atoms in total. The second kappa shape index (κ2) is 6.61. The van der Waals surface area contributed by atoms with E-state index in [-0.39, 0.29) is 17.7 Å². The highest BCUT2D eigenvalue weighted by Crippen LogP contribution is 2.18. The van der Waals surface area contributed by atoms with Gasteiger partial charge >= 0.3 is 0 Å². The van der Waals surface area contributed by atoms with E-state index in [1.54, 1.807) is 12.3 Å². The Labute approximate surface area is 119 Å². The Bertz CT molecular complexity index is 476. The first kappa shape index (κ1) is 14.7. The molecule has 5 heteroatoms. The highest BCUT2D eigenvalue weighted by molar-refractivity contribution is 5.98. The molecule has 20 heavy (non-hydrogen) atoms. The van der Waals surface area contributed by atoms with Gasteiger partial charge in [-0.05, 0) is 30.4 Å². The van der Waals surface area contributed by atoms with Crippen LogP contribution in [0, 0.1) is 16.7 Å². The van der Waals surface area contributed by atoms with Crippen LogP contribution in [0.3, 0.4) is 0 Å². The molecule has 0 spiro atoms. The lowest BCUT2D eigenvalue weighted by Gasteiger charge is -2.22. The average molecular weight is 275 g/mol. The summed E-state index contributed by atoms with van der Waals surface area (Å²) in [6.45, 7) is 5.51. The van der Waals surface area contributed by atoms with Crippen molar-refractivity contribution in [3.8, 4) is 0 Å². The fourth-order valence-electron chi connectivity index (χ4n) is 2.09. The summed E-state index contributed by atoms with van der Waals surface area (Å²) < 4.78 is 10.6. The van der Waals surface area contributed by atoms with Gasteiger partial charge in [0, 0.05) is 25.3 Å². The van der Waals surface area contributed by atoms with Gasteiger partial charge in [-0.15, -0.1) is 0 Å². The van der Waals surface area contributed by atoms with Crippen LogP contribution in [0.5, 0.6) is 0 Å². The quantitative estimate of drug-likeness (QED) is 0.657. The van der Waals surface area contributed by atoms with Crippen molar-refractivity contribution in [1.29, 1.82) is 10.8 Å². The molecule has 0 saturated carbocycles. The van der Waals surface area contributed by atoms with Gasteiger partial charge < -0.3 is 9.47 Å². The summed E-state index contributed by atoms with van der Waals surface area (Å²) in [6.07, 6.45) is 3.33. The Hall–Kier alpha value is -1.75. The number of aromatic nitrogens is 1. The third-order valence-electron chi connectivity index (χ3n) is 3.49. The lowest BCUT2D eigenvalue weighted by Crippen LogP contribution is -2.27. The summed E-state index contributed by atoms with van der Waals surface area (Å²) >= 11 is 0. The van der Waals surface area contributed by atoms with Crippen molar-refractivity contribution in [3.63, 3.8) is 0 Å². The molecule has 0 unspecified atom stereocenters. The Morgan fingerprint density at radius 3 is 2.55 bits per heavy atom. The first-order chi connectivity index (χ1) is 9.58. The van der Waals surface area contributed by atoms with Crippen molar-refractivity contribution in [2.45, 2.75) is 32.6 Å². The molecule has 1 aliphatic heterocycles. The molecule has 0 aromatic carbocycles. The second-order valence-electron chi connectivity index (χ2n) is 5.31. The van der Waals surface area contributed by atoms with Crippen LogP contribution in [0.1, 0.15) is 43.9 Å². The maximum absolute atomic E-state index is 7.93. The zero-order valence-electron chi connectivity index (χ0n) is 12.0. The summed E-state index contributed by atoms with van der Waals surface area (Å²) in [5.41, 5.74) is 1.59. The van der Waals surface area contributed by atoms with Gasteiger partial charge in [0.25, 0.3) is 0 Å². The Morgan fingerprint density at radius 2 is 2.00 bits per heavy atom. The van der Waals surface area contributed by atoms with Crippen molar-refractivity contribution >= 4 is 11.8 Å². The van der Waals surface area contributed by atoms with Gasteiger partial charge in [0.05, 0.1) is 0 Å². The zero-order chi connectivity index (χ0) is 14.5. The number of nitrogens with one attached hydrogen (secondary N) is 2. The number of hydrogen-bond donors (Lipinski definition) is 2. The average Bonchev–Trinajstić information content (AvgIpc) is 2.48. The van der Waals surface area contributed by atoms with Crippen molar-refractivity contribution in [2.75, 3.05) is 13.2 Å². The van der Waals surface area contributed by atoms with Crippen LogP contribution in [0.15, 0.2) is 18.3 Å². The lowest BCUT2D eigenvalue weighted by molar-refractivity contribution is 0.0788. The Morgan fingerprint density at radius 1 is 1.30 bits per heavy atom. The second-order valence-corrected chi connectivity index (χ2v) is 5.31. The molecule has 1 aliphatic rings. The topological polar surface area (TPSA) is 79.0 Å². The van der Waals surface area contributed by atoms with Gasteiger partial charge in [0.15, 0.2) is 5.90 Å². The summed E-state index contributed by atoms with van der Waals surface area (Å²) in [7, 11) is 0. The van der Waals surface area contributed by atoms with Gasteiger partial charge in [-0.25, -0.2) is 0 Å². The largest absolute Gasteiger partial charge is 0.423 e. The highest BCUT2D eigenvalue weighted by Gasteiger charge is 2.21. The molecule has 0 atom stereocenters. The molecule has 0 radical (unpaired) electrons. The lowest BCUT2D eigenvalue weighted by atomic mass is 10.0.